The number of hydrogen-bond donors (Lipinski definition) is 2. The molecule has 2 aromatic rings. The van der Waals surface area contributed by atoms with Gasteiger partial charge in [-0.2, -0.15) is 0 Å². The molecule has 0 amide bonds. The van der Waals surface area contributed by atoms with Crippen LogP contribution >= 0.6 is 0 Å². The summed E-state index contributed by atoms with van der Waals surface area (Å²) in [5.41, 5.74) is 0.381. The Morgan fingerprint density at radius 3 is 1.41 bits per heavy atom. The average Bonchev–Trinajstić information content (AvgIpc) is 2.27. The molecule has 0 radical (unpaired) electrons. The van der Waals surface area contributed by atoms with Gasteiger partial charge in [0.1, 0.15) is 0 Å². The Morgan fingerprint density at radius 1 is 0.765 bits per heavy atom. The first kappa shape index (κ1) is 13.7. The average molecular weight is 240 g/mol. The molecule has 0 saturated carbocycles. The molecule has 0 bridgehead atoms. The van der Waals surface area contributed by atoms with Crippen molar-refractivity contribution in [1.29, 1.82) is 0 Å². The van der Waals surface area contributed by atoms with Crippen LogP contribution in [0.2, 0.25) is 0 Å². The molecule has 2 N–H and O–H groups in total. The fourth-order valence-electron chi connectivity index (χ4n) is 1.51. The van der Waals surface area contributed by atoms with Gasteiger partial charge < -0.3 is 10.2 Å². The fraction of sp³-hybridized carbons (Fsp3) is 0. The van der Waals surface area contributed by atoms with E-state index in [0.29, 0.717) is 10.8 Å². The van der Waals surface area contributed by atoms with Crippen LogP contribution in [0.15, 0.2) is 36.4 Å². The SMILES string of the molecule is O=C(O)c1ccc2cc(C(=O)O)ccc2c1.[NaH]. The second-order valence-corrected chi connectivity index (χ2v) is 3.39. The third-order valence-corrected chi connectivity index (χ3v) is 2.33. The molecule has 0 unspecified atom stereocenters. The fourth-order valence-corrected chi connectivity index (χ4v) is 1.51. The third kappa shape index (κ3) is 2.85. The number of carbonyl (C=O) groups is 2. The monoisotopic (exact) mass is 240 g/mol. The van der Waals surface area contributed by atoms with Crippen molar-refractivity contribution >= 4 is 52.3 Å². The molecule has 0 aliphatic rings. The van der Waals surface area contributed by atoms with E-state index >= 15 is 0 Å². The number of aromatic carboxylic acids is 2. The van der Waals surface area contributed by atoms with Gasteiger partial charge >= 0.3 is 41.5 Å². The van der Waals surface area contributed by atoms with Gasteiger partial charge in [-0.15, -0.1) is 0 Å². The Morgan fingerprint density at radius 2 is 1.12 bits per heavy atom. The Labute approximate surface area is 119 Å². The van der Waals surface area contributed by atoms with Gasteiger partial charge in [-0.3, -0.25) is 0 Å². The van der Waals surface area contributed by atoms with Crippen LogP contribution in [0.4, 0.5) is 0 Å². The van der Waals surface area contributed by atoms with Gasteiger partial charge in [0.15, 0.2) is 0 Å². The van der Waals surface area contributed by atoms with E-state index in [1.807, 2.05) is 0 Å². The van der Waals surface area contributed by atoms with Gasteiger partial charge in [0, 0.05) is 0 Å². The summed E-state index contributed by atoms with van der Waals surface area (Å²) in [7, 11) is 0. The van der Waals surface area contributed by atoms with Gasteiger partial charge in [-0.25, -0.2) is 9.59 Å². The summed E-state index contributed by atoms with van der Waals surface area (Å²) in [4.78, 5) is 21.5. The zero-order valence-electron chi connectivity index (χ0n) is 8.18. The van der Waals surface area contributed by atoms with Crippen molar-refractivity contribution in [3.05, 3.63) is 47.5 Å². The van der Waals surface area contributed by atoms with E-state index in [2.05, 4.69) is 0 Å². The first-order valence-corrected chi connectivity index (χ1v) is 4.58. The number of carboxylic acid groups (broad SMARTS) is 2. The van der Waals surface area contributed by atoms with Crippen molar-refractivity contribution < 1.29 is 19.8 Å². The third-order valence-electron chi connectivity index (χ3n) is 2.33. The van der Waals surface area contributed by atoms with E-state index in [0.717, 1.165) is 0 Å². The molecule has 0 aliphatic heterocycles. The Hall–Kier alpha value is -1.36. The van der Waals surface area contributed by atoms with Crippen LogP contribution < -0.4 is 0 Å². The summed E-state index contributed by atoms with van der Waals surface area (Å²) in [6.45, 7) is 0. The molecule has 5 heteroatoms. The maximum atomic E-state index is 10.7. The predicted octanol–water partition coefficient (Wildman–Crippen LogP) is 1.59. The molecule has 0 atom stereocenters. The zero-order valence-corrected chi connectivity index (χ0v) is 8.18. The molecule has 82 valence electrons. The molecular weight excluding hydrogens is 231 g/mol. The number of fused-ring (bicyclic) bond motifs is 1. The molecule has 0 fully saturated rings. The molecule has 0 aliphatic carbocycles. The molecule has 4 nitrogen and oxygen atoms in total. The zero-order chi connectivity index (χ0) is 11.7. The van der Waals surface area contributed by atoms with Crippen molar-refractivity contribution in [2.24, 2.45) is 0 Å². The normalized spacial score (nSPS) is 9.65. The summed E-state index contributed by atoms with van der Waals surface area (Å²) >= 11 is 0. The Balaban J connectivity index is 0.00000144. The van der Waals surface area contributed by atoms with Crippen molar-refractivity contribution in [2.75, 3.05) is 0 Å². The molecule has 2 aromatic carbocycles. The van der Waals surface area contributed by atoms with Gasteiger partial charge in [0.25, 0.3) is 0 Å². The van der Waals surface area contributed by atoms with Crippen molar-refractivity contribution in [3.63, 3.8) is 0 Å². The molecule has 0 heterocycles. The van der Waals surface area contributed by atoms with E-state index in [9.17, 15) is 9.59 Å². The van der Waals surface area contributed by atoms with E-state index < -0.39 is 11.9 Å². The van der Waals surface area contributed by atoms with Gasteiger partial charge in [-0.05, 0) is 35.0 Å². The summed E-state index contributed by atoms with van der Waals surface area (Å²) in [5, 5.41) is 19.0. The second kappa shape index (κ2) is 5.31. The van der Waals surface area contributed by atoms with Crippen LogP contribution in [0.25, 0.3) is 10.8 Å². The molecule has 2 rings (SSSR count). The summed E-state index contributed by atoms with van der Waals surface area (Å²) in [6, 6.07) is 9.15. The van der Waals surface area contributed by atoms with Crippen LogP contribution in [0.1, 0.15) is 20.7 Å². The molecule has 17 heavy (non-hydrogen) atoms. The van der Waals surface area contributed by atoms with Crippen molar-refractivity contribution in [2.45, 2.75) is 0 Å². The molecule has 0 aromatic heterocycles. The first-order valence-electron chi connectivity index (χ1n) is 4.58. The molecule has 0 spiro atoms. The van der Waals surface area contributed by atoms with Gasteiger partial charge in [0.2, 0.25) is 0 Å². The Bertz CT molecular complexity index is 539. The van der Waals surface area contributed by atoms with Crippen LogP contribution in [0.3, 0.4) is 0 Å². The first-order chi connectivity index (χ1) is 7.58. The minimum absolute atomic E-state index is 0. The molecular formula is C12H9NaO4. The van der Waals surface area contributed by atoms with Crippen LogP contribution in [-0.4, -0.2) is 51.7 Å². The van der Waals surface area contributed by atoms with E-state index in [1.54, 1.807) is 12.1 Å². The van der Waals surface area contributed by atoms with Gasteiger partial charge in [-0.1, -0.05) is 12.1 Å². The maximum absolute atomic E-state index is 10.7. The summed E-state index contributed by atoms with van der Waals surface area (Å²) in [5.74, 6) is -1.99. The van der Waals surface area contributed by atoms with E-state index in [-0.39, 0.29) is 40.7 Å². The molecule has 0 saturated heterocycles. The van der Waals surface area contributed by atoms with Gasteiger partial charge in [0.05, 0.1) is 11.1 Å². The second-order valence-electron chi connectivity index (χ2n) is 3.39. The van der Waals surface area contributed by atoms with Crippen molar-refractivity contribution in [1.82, 2.24) is 0 Å². The Kier molecular flexibility index (Phi) is 4.28. The van der Waals surface area contributed by atoms with E-state index in [1.165, 1.54) is 24.3 Å². The van der Waals surface area contributed by atoms with Crippen LogP contribution in [0, 0.1) is 0 Å². The van der Waals surface area contributed by atoms with Crippen molar-refractivity contribution in [3.8, 4) is 0 Å². The topological polar surface area (TPSA) is 74.6 Å². The quantitative estimate of drug-likeness (QED) is 0.781. The number of hydrogen-bond acceptors (Lipinski definition) is 2. The number of rotatable bonds is 2. The summed E-state index contributed by atoms with van der Waals surface area (Å²) < 4.78 is 0. The van der Waals surface area contributed by atoms with Crippen LogP contribution in [-0.2, 0) is 0 Å². The number of benzene rings is 2. The number of carboxylic acids is 2. The minimum atomic E-state index is -0.996. The summed E-state index contributed by atoms with van der Waals surface area (Å²) in [6.07, 6.45) is 0. The predicted molar refractivity (Wildman–Crippen MR) is 65.0 cm³/mol. The standard InChI is InChI=1S/C12H8O4.Na.H/c13-11(14)9-3-1-7-5-10(12(15)16)4-2-8(7)6-9;;/h1-6H,(H,13,14)(H,15,16);;. The van der Waals surface area contributed by atoms with E-state index in [4.69, 9.17) is 10.2 Å². The van der Waals surface area contributed by atoms with Crippen LogP contribution in [0.5, 0.6) is 0 Å².